The van der Waals surface area contributed by atoms with E-state index in [1.165, 1.54) is 30.7 Å². The minimum Gasteiger partial charge on any atom is -0.329 e. The van der Waals surface area contributed by atoms with Crippen LogP contribution in [0.4, 0.5) is 5.82 Å². The molecule has 0 fully saturated rings. The third-order valence-electron chi connectivity index (χ3n) is 1.90. The molecule has 0 atom stereocenters. The molecule has 2 rings (SSSR count). The van der Waals surface area contributed by atoms with Gasteiger partial charge in [0.2, 0.25) is 5.56 Å². The van der Waals surface area contributed by atoms with E-state index in [0.29, 0.717) is 10.4 Å². The average Bonchev–Trinajstić information content (AvgIpc) is 2.32. The molecule has 6 nitrogen and oxygen atoms in total. The monoisotopic (exact) mass is 294 g/mol. The lowest BCUT2D eigenvalue weighted by molar-refractivity contribution is 0.102. The summed E-state index contributed by atoms with van der Waals surface area (Å²) in [5.41, 5.74) is -0.0713. The fourth-order valence-electron chi connectivity index (χ4n) is 1.15. The van der Waals surface area contributed by atoms with Crippen molar-refractivity contribution in [2.24, 2.45) is 0 Å². The maximum absolute atomic E-state index is 11.7. The highest BCUT2D eigenvalue weighted by Gasteiger charge is 2.07. The molecule has 0 radical (unpaired) electrons. The van der Waals surface area contributed by atoms with Gasteiger partial charge in [0.15, 0.2) is 5.82 Å². The zero-order chi connectivity index (χ0) is 12.3. The van der Waals surface area contributed by atoms with Crippen LogP contribution in [-0.2, 0) is 0 Å². The summed E-state index contributed by atoms with van der Waals surface area (Å²) < 4.78 is 0.576. The third-order valence-corrected chi connectivity index (χ3v) is 2.31. The number of nitrogens with one attached hydrogen (secondary N) is 2. The Morgan fingerprint density at radius 2 is 2.18 bits per heavy atom. The lowest BCUT2D eigenvalue weighted by atomic mass is 10.2. The van der Waals surface area contributed by atoms with E-state index in [-0.39, 0.29) is 11.1 Å². The van der Waals surface area contributed by atoms with Crippen LogP contribution in [0.5, 0.6) is 0 Å². The number of rotatable bonds is 2. The van der Waals surface area contributed by atoms with Gasteiger partial charge in [-0.05, 0) is 22.0 Å². The summed E-state index contributed by atoms with van der Waals surface area (Å²) in [5.74, 6) is -0.0915. The molecule has 0 aliphatic carbocycles. The molecule has 0 saturated heterocycles. The topological polar surface area (TPSA) is 87.7 Å². The van der Waals surface area contributed by atoms with E-state index in [2.05, 4.69) is 36.2 Å². The van der Waals surface area contributed by atoms with Crippen molar-refractivity contribution in [1.82, 2.24) is 15.0 Å². The molecule has 0 unspecified atom stereocenters. The van der Waals surface area contributed by atoms with Gasteiger partial charge >= 0.3 is 0 Å². The number of pyridine rings is 1. The Kier molecular flexibility index (Phi) is 3.29. The molecule has 1 amide bonds. The predicted molar refractivity (Wildman–Crippen MR) is 64.7 cm³/mol. The van der Waals surface area contributed by atoms with Crippen LogP contribution in [-0.4, -0.2) is 20.9 Å². The Hall–Kier alpha value is -2.02. The lowest BCUT2D eigenvalue weighted by Gasteiger charge is -2.03. The molecule has 7 heteroatoms. The summed E-state index contributed by atoms with van der Waals surface area (Å²) >= 11 is 3.13. The molecule has 17 heavy (non-hydrogen) atoms. The van der Waals surface area contributed by atoms with Crippen LogP contribution in [0.1, 0.15) is 10.4 Å². The van der Waals surface area contributed by atoms with Crippen molar-refractivity contribution in [1.29, 1.82) is 0 Å². The van der Waals surface area contributed by atoms with Crippen molar-refractivity contribution in [3.05, 3.63) is 51.2 Å². The van der Waals surface area contributed by atoms with Crippen LogP contribution >= 0.6 is 15.9 Å². The molecule has 2 N–H and O–H groups in total. The molecule has 0 aliphatic rings. The number of aromatic nitrogens is 3. The summed E-state index contributed by atoms with van der Waals surface area (Å²) in [6.07, 6.45) is 4.28. The van der Waals surface area contributed by atoms with Gasteiger partial charge < -0.3 is 10.3 Å². The number of hydrogen-bond donors (Lipinski definition) is 2. The largest absolute Gasteiger partial charge is 0.329 e. The highest BCUT2D eigenvalue weighted by atomic mass is 79.9. The van der Waals surface area contributed by atoms with E-state index in [9.17, 15) is 9.59 Å². The van der Waals surface area contributed by atoms with Crippen molar-refractivity contribution in [2.45, 2.75) is 0 Å². The highest BCUT2D eigenvalue weighted by Crippen LogP contribution is 2.07. The number of anilines is 1. The molecule has 0 saturated carbocycles. The molecule has 86 valence electrons. The van der Waals surface area contributed by atoms with E-state index in [0.717, 1.165) is 0 Å². The van der Waals surface area contributed by atoms with Gasteiger partial charge in [-0.15, -0.1) is 0 Å². The van der Waals surface area contributed by atoms with E-state index in [1.54, 1.807) is 0 Å². The number of carbonyl (C=O) groups excluding carboxylic acids is 1. The number of halogens is 1. The molecule has 0 aliphatic heterocycles. The summed E-state index contributed by atoms with van der Waals surface area (Å²) in [7, 11) is 0. The molecule has 2 heterocycles. The fraction of sp³-hybridized carbons (Fsp3) is 0. The quantitative estimate of drug-likeness (QED) is 0.871. The number of carbonyl (C=O) groups is 1. The van der Waals surface area contributed by atoms with Crippen LogP contribution in [0, 0.1) is 0 Å². The minimum atomic E-state index is -0.410. The van der Waals surface area contributed by atoms with E-state index < -0.39 is 5.91 Å². The van der Waals surface area contributed by atoms with Gasteiger partial charge in [0, 0.05) is 17.8 Å². The van der Waals surface area contributed by atoms with Gasteiger partial charge in [0.05, 0.1) is 12.4 Å². The molecule has 0 spiro atoms. The van der Waals surface area contributed by atoms with Crippen LogP contribution < -0.4 is 10.9 Å². The zero-order valence-electron chi connectivity index (χ0n) is 8.48. The van der Waals surface area contributed by atoms with Gasteiger partial charge in [-0.2, -0.15) is 0 Å². The minimum absolute atomic E-state index is 0.262. The van der Waals surface area contributed by atoms with Crippen molar-refractivity contribution in [2.75, 3.05) is 5.32 Å². The first-order valence-electron chi connectivity index (χ1n) is 4.63. The molecule has 2 aromatic heterocycles. The Labute approximate surface area is 104 Å². The average molecular weight is 295 g/mol. The summed E-state index contributed by atoms with van der Waals surface area (Å²) in [6, 6.07) is 2.71. The second-order valence-electron chi connectivity index (χ2n) is 3.12. The van der Waals surface area contributed by atoms with E-state index >= 15 is 0 Å². The maximum atomic E-state index is 11.7. The Morgan fingerprint density at radius 3 is 2.82 bits per heavy atom. The normalized spacial score (nSPS) is 9.94. The SMILES string of the molecule is O=C(Nc1cnc(Br)cn1)c1cc[nH]c(=O)c1. The van der Waals surface area contributed by atoms with Gasteiger partial charge in [0.25, 0.3) is 5.91 Å². The first-order chi connectivity index (χ1) is 8.15. The summed E-state index contributed by atoms with van der Waals surface area (Å²) in [5, 5.41) is 2.53. The molecular weight excluding hydrogens is 288 g/mol. The van der Waals surface area contributed by atoms with Gasteiger partial charge in [0.1, 0.15) is 4.60 Å². The maximum Gasteiger partial charge on any atom is 0.257 e. The number of amides is 1. The lowest BCUT2D eigenvalue weighted by Crippen LogP contribution is -2.16. The third kappa shape index (κ3) is 2.97. The smallest absolute Gasteiger partial charge is 0.257 e. The highest BCUT2D eigenvalue weighted by molar-refractivity contribution is 9.10. The van der Waals surface area contributed by atoms with Crippen LogP contribution in [0.2, 0.25) is 0 Å². The summed E-state index contributed by atoms with van der Waals surface area (Å²) in [4.78, 5) is 33.0. The standard InChI is InChI=1S/C10H7BrN4O2/c11-7-4-14-8(5-13-7)15-10(17)6-1-2-12-9(16)3-6/h1-5H,(H,12,16)(H,14,15,17). The molecule has 2 aromatic rings. The fourth-order valence-corrected chi connectivity index (χ4v) is 1.36. The van der Waals surface area contributed by atoms with Crippen LogP contribution in [0.15, 0.2) is 40.1 Å². The van der Waals surface area contributed by atoms with Crippen molar-refractivity contribution >= 4 is 27.7 Å². The number of aromatic amines is 1. The predicted octanol–water partition coefficient (Wildman–Crippen LogP) is 1.18. The van der Waals surface area contributed by atoms with Gasteiger partial charge in [-0.25, -0.2) is 9.97 Å². The van der Waals surface area contributed by atoms with Crippen molar-refractivity contribution in [3.8, 4) is 0 Å². The first kappa shape index (κ1) is 11.5. The van der Waals surface area contributed by atoms with Crippen molar-refractivity contribution in [3.63, 3.8) is 0 Å². The second-order valence-corrected chi connectivity index (χ2v) is 3.93. The first-order valence-corrected chi connectivity index (χ1v) is 5.42. The van der Waals surface area contributed by atoms with E-state index in [1.807, 2.05) is 0 Å². The number of H-pyrrole nitrogens is 1. The Morgan fingerprint density at radius 1 is 1.35 bits per heavy atom. The van der Waals surface area contributed by atoms with Gasteiger partial charge in [-0.3, -0.25) is 9.59 Å². The molecular formula is C10H7BrN4O2. The van der Waals surface area contributed by atoms with Crippen LogP contribution in [0.25, 0.3) is 0 Å². The second kappa shape index (κ2) is 4.88. The van der Waals surface area contributed by atoms with Gasteiger partial charge in [-0.1, -0.05) is 0 Å². The molecule has 0 bridgehead atoms. The van der Waals surface area contributed by atoms with Crippen LogP contribution in [0.3, 0.4) is 0 Å². The molecule has 0 aromatic carbocycles. The Bertz CT molecular complexity index is 594. The Balaban J connectivity index is 2.17. The van der Waals surface area contributed by atoms with E-state index in [4.69, 9.17) is 0 Å². The number of nitrogens with zero attached hydrogens (tertiary/aromatic N) is 2. The summed E-state index contributed by atoms with van der Waals surface area (Å²) in [6.45, 7) is 0. The number of hydrogen-bond acceptors (Lipinski definition) is 4. The van der Waals surface area contributed by atoms with Crippen molar-refractivity contribution < 1.29 is 4.79 Å². The zero-order valence-corrected chi connectivity index (χ0v) is 10.1.